The zero-order chi connectivity index (χ0) is 21.5. The molecule has 156 valence electrons. The molecule has 1 unspecified atom stereocenters. The summed E-state index contributed by atoms with van der Waals surface area (Å²) in [4.78, 5) is 30.8. The largest absolute Gasteiger partial charge is 0.416 e. The number of aryl methyl sites for hydroxylation is 1. The molecule has 0 bridgehead atoms. The smallest absolute Gasteiger partial charge is 0.338 e. The van der Waals surface area contributed by atoms with Crippen molar-refractivity contribution in [2.75, 3.05) is 11.9 Å². The van der Waals surface area contributed by atoms with Gasteiger partial charge < -0.3 is 10.2 Å². The molecule has 9 heteroatoms. The monoisotopic (exact) mass is 433 g/mol. The molecule has 0 radical (unpaired) electrons. The van der Waals surface area contributed by atoms with Gasteiger partial charge in [0.1, 0.15) is 0 Å². The fraction of sp³-hybridized carbons (Fsp3) is 0.286. The summed E-state index contributed by atoms with van der Waals surface area (Å²) in [5, 5.41) is 3.76. The van der Waals surface area contributed by atoms with E-state index >= 15 is 0 Å². The molecule has 4 rings (SSSR count). The molecule has 2 aromatic carbocycles. The third kappa shape index (κ3) is 4.30. The second kappa shape index (κ2) is 7.71. The summed E-state index contributed by atoms with van der Waals surface area (Å²) in [6.07, 6.45) is -4.40. The van der Waals surface area contributed by atoms with Crippen molar-refractivity contribution in [2.24, 2.45) is 5.92 Å². The van der Waals surface area contributed by atoms with E-state index in [1.54, 1.807) is 12.1 Å². The lowest BCUT2D eigenvalue weighted by Crippen LogP contribution is -2.28. The molecule has 0 saturated carbocycles. The van der Waals surface area contributed by atoms with E-state index in [9.17, 15) is 22.8 Å². The van der Waals surface area contributed by atoms with Crippen LogP contribution in [0.4, 0.5) is 18.9 Å². The van der Waals surface area contributed by atoms with Crippen LogP contribution in [0.15, 0.2) is 42.5 Å². The summed E-state index contributed by atoms with van der Waals surface area (Å²) in [5.41, 5.74) is 1.11. The van der Waals surface area contributed by atoms with Gasteiger partial charge in [-0.25, -0.2) is 4.98 Å². The van der Waals surface area contributed by atoms with Crippen LogP contribution in [0, 0.1) is 12.8 Å². The summed E-state index contributed by atoms with van der Waals surface area (Å²) in [6, 6.07) is 10.3. The maximum Gasteiger partial charge on any atom is 0.416 e. The standard InChI is InChI=1S/C21H18F3N3O2S/c1-12-25-17-6-5-16(9-18(17)30-12)26-20(29)14-8-19(28)27(11-14)10-13-3-2-4-15(7-13)21(22,23)24/h2-7,9,14H,8,10-11H2,1H3,(H,26,29). The zero-order valence-electron chi connectivity index (χ0n) is 16.0. The first-order chi connectivity index (χ1) is 14.2. The molecule has 30 heavy (non-hydrogen) atoms. The van der Waals surface area contributed by atoms with Gasteiger partial charge in [-0.1, -0.05) is 12.1 Å². The van der Waals surface area contributed by atoms with Crippen LogP contribution in [0.2, 0.25) is 0 Å². The second-order valence-corrected chi connectivity index (χ2v) is 8.51. The second-order valence-electron chi connectivity index (χ2n) is 7.28. The van der Waals surface area contributed by atoms with E-state index in [0.717, 1.165) is 27.4 Å². The number of hydrogen-bond donors (Lipinski definition) is 1. The number of benzene rings is 2. The van der Waals surface area contributed by atoms with Crippen molar-refractivity contribution >= 4 is 39.1 Å². The molecule has 0 spiro atoms. The van der Waals surface area contributed by atoms with Crippen molar-refractivity contribution in [3.63, 3.8) is 0 Å². The van der Waals surface area contributed by atoms with E-state index in [2.05, 4.69) is 10.3 Å². The Bertz CT molecular complexity index is 1130. The lowest BCUT2D eigenvalue weighted by molar-refractivity contribution is -0.137. The first kappa shape index (κ1) is 20.3. The normalized spacial score (nSPS) is 17.0. The van der Waals surface area contributed by atoms with Crippen molar-refractivity contribution in [2.45, 2.75) is 26.1 Å². The van der Waals surface area contributed by atoms with E-state index in [1.807, 2.05) is 19.1 Å². The molecule has 3 aromatic rings. The summed E-state index contributed by atoms with van der Waals surface area (Å²) < 4.78 is 39.6. The summed E-state index contributed by atoms with van der Waals surface area (Å²) in [6.45, 7) is 2.12. The van der Waals surface area contributed by atoms with E-state index < -0.39 is 17.7 Å². The third-order valence-corrected chi connectivity index (χ3v) is 5.91. The number of nitrogens with zero attached hydrogens (tertiary/aromatic N) is 2. The predicted molar refractivity (Wildman–Crippen MR) is 108 cm³/mol. The molecule has 1 aliphatic rings. The Hall–Kier alpha value is -2.94. The van der Waals surface area contributed by atoms with Crippen LogP contribution >= 0.6 is 11.3 Å². The molecule has 1 saturated heterocycles. The van der Waals surface area contributed by atoms with E-state index in [1.165, 1.54) is 22.3 Å². The average molecular weight is 433 g/mol. The summed E-state index contributed by atoms with van der Waals surface area (Å²) in [5.74, 6) is -1.08. The van der Waals surface area contributed by atoms with Crippen molar-refractivity contribution in [3.05, 3.63) is 58.6 Å². The summed E-state index contributed by atoms with van der Waals surface area (Å²) in [7, 11) is 0. The number of likely N-dealkylation sites (tertiary alicyclic amines) is 1. The zero-order valence-corrected chi connectivity index (χ0v) is 16.8. The van der Waals surface area contributed by atoms with Crippen LogP contribution < -0.4 is 5.32 Å². The minimum Gasteiger partial charge on any atom is -0.338 e. The van der Waals surface area contributed by atoms with Crippen LogP contribution in [-0.4, -0.2) is 28.2 Å². The highest BCUT2D eigenvalue weighted by Crippen LogP contribution is 2.31. The van der Waals surface area contributed by atoms with Crippen LogP contribution in [0.25, 0.3) is 10.2 Å². The fourth-order valence-corrected chi connectivity index (χ4v) is 4.40. The average Bonchev–Trinajstić information content (AvgIpc) is 3.23. The van der Waals surface area contributed by atoms with E-state index in [4.69, 9.17) is 0 Å². The quantitative estimate of drug-likeness (QED) is 0.654. The molecule has 1 N–H and O–H groups in total. The van der Waals surface area contributed by atoms with Gasteiger partial charge in [0.05, 0.1) is 26.7 Å². The first-order valence-electron chi connectivity index (χ1n) is 9.31. The number of carbonyl (C=O) groups excluding carboxylic acids is 2. The highest BCUT2D eigenvalue weighted by atomic mass is 32.1. The van der Waals surface area contributed by atoms with Crippen molar-refractivity contribution in [3.8, 4) is 0 Å². The van der Waals surface area contributed by atoms with Crippen LogP contribution in [0.1, 0.15) is 22.6 Å². The number of thiazole rings is 1. The molecular formula is C21H18F3N3O2S. The van der Waals surface area contributed by atoms with Gasteiger partial charge in [0.25, 0.3) is 0 Å². The molecule has 2 heterocycles. The molecular weight excluding hydrogens is 415 g/mol. The molecule has 5 nitrogen and oxygen atoms in total. The summed E-state index contributed by atoms with van der Waals surface area (Å²) >= 11 is 1.53. The number of halogens is 3. The number of anilines is 1. The maximum atomic E-state index is 12.9. The SMILES string of the molecule is Cc1nc2ccc(NC(=O)C3CC(=O)N(Cc4cccc(C(F)(F)F)c4)C3)cc2s1. The predicted octanol–water partition coefficient (Wildman–Crippen LogP) is 4.61. The number of rotatable bonds is 4. The van der Waals surface area contributed by atoms with Crippen LogP contribution in [0.3, 0.4) is 0 Å². The Morgan fingerprint density at radius 3 is 2.83 bits per heavy atom. The van der Waals surface area contributed by atoms with Gasteiger partial charge in [0.2, 0.25) is 11.8 Å². The maximum absolute atomic E-state index is 12.9. The van der Waals surface area contributed by atoms with Crippen molar-refractivity contribution < 1.29 is 22.8 Å². The van der Waals surface area contributed by atoms with Gasteiger partial charge >= 0.3 is 6.18 Å². The van der Waals surface area contributed by atoms with Gasteiger partial charge in [0.15, 0.2) is 0 Å². The number of amides is 2. The number of fused-ring (bicyclic) bond motifs is 1. The highest BCUT2D eigenvalue weighted by molar-refractivity contribution is 7.18. The number of nitrogens with one attached hydrogen (secondary N) is 1. The van der Waals surface area contributed by atoms with Crippen LogP contribution in [0.5, 0.6) is 0 Å². The molecule has 0 aliphatic carbocycles. The molecule has 1 atom stereocenters. The number of carbonyl (C=O) groups is 2. The fourth-order valence-electron chi connectivity index (χ4n) is 3.53. The van der Waals surface area contributed by atoms with Gasteiger partial charge in [-0.15, -0.1) is 11.3 Å². The molecule has 2 amide bonds. The minimum absolute atomic E-state index is 0.0344. The van der Waals surface area contributed by atoms with Gasteiger partial charge in [-0.3, -0.25) is 9.59 Å². The Kier molecular flexibility index (Phi) is 5.23. The van der Waals surface area contributed by atoms with Gasteiger partial charge in [-0.05, 0) is 42.8 Å². The van der Waals surface area contributed by atoms with Crippen LogP contribution in [-0.2, 0) is 22.3 Å². The minimum atomic E-state index is -4.44. The first-order valence-corrected chi connectivity index (χ1v) is 10.1. The number of alkyl halides is 3. The Balaban J connectivity index is 1.42. The molecule has 1 aromatic heterocycles. The Morgan fingerprint density at radius 1 is 1.27 bits per heavy atom. The molecule has 1 fully saturated rings. The topological polar surface area (TPSA) is 62.3 Å². The Morgan fingerprint density at radius 2 is 2.07 bits per heavy atom. The van der Waals surface area contributed by atoms with Gasteiger partial charge in [-0.2, -0.15) is 13.2 Å². The van der Waals surface area contributed by atoms with Gasteiger partial charge in [0, 0.05) is 25.2 Å². The number of hydrogen-bond acceptors (Lipinski definition) is 4. The lowest BCUT2D eigenvalue weighted by Gasteiger charge is -2.17. The van der Waals surface area contributed by atoms with Crippen molar-refractivity contribution in [1.29, 1.82) is 0 Å². The third-order valence-electron chi connectivity index (χ3n) is 4.98. The number of aromatic nitrogens is 1. The van der Waals surface area contributed by atoms with E-state index in [0.29, 0.717) is 11.3 Å². The van der Waals surface area contributed by atoms with E-state index in [-0.39, 0.29) is 31.3 Å². The lowest BCUT2D eigenvalue weighted by atomic mass is 10.1. The molecule has 1 aliphatic heterocycles. The Labute approximate surface area is 174 Å². The highest BCUT2D eigenvalue weighted by Gasteiger charge is 2.35. The van der Waals surface area contributed by atoms with Crippen molar-refractivity contribution in [1.82, 2.24) is 9.88 Å².